The second-order valence-corrected chi connectivity index (χ2v) is 8.23. The normalized spacial score (nSPS) is 13.9. The van der Waals surface area contributed by atoms with Gasteiger partial charge in [0.1, 0.15) is 12.6 Å². The number of alkyl carbamates (subject to hydrolysis) is 1. The number of ether oxygens (including phenoxy) is 2. The van der Waals surface area contributed by atoms with Crippen LogP contribution in [0.4, 0.5) is 4.79 Å². The van der Waals surface area contributed by atoms with Gasteiger partial charge in [-0.3, -0.25) is 9.59 Å². The summed E-state index contributed by atoms with van der Waals surface area (Å²) in [6.45, 7) is 4.21. The summed E-state index contributed by atoms with van der Waals surface area (Å²) >= 11 is 0. The van der Waals surface area contributed by atoms with Crippen LogP contribution in [0, 0.1) is 0 Å². The summed E-state index contributed by atoms with van der Waals surface area (Å²) in [4.78, 5) is 36.2. The number of carbonyl (C=O) groups is 3. The Labute approximate surface area is 199 Å². The summed E-state index contributed by atoms with van der Waals surface area (Å²) < 4.78 is 10.9. The fourth-order valence-corrected chi connectivity index (χ4v) is 4.30. The average molecular weight is 469 g/mol. The van der Waals surface area contributed by atoms with E-state index >= 15 is 0 Å². The summed E-state index contributed by atoms with van der Waals surface area (Å²) in [5.41, 5.74) is 4.50. The van der Waals surface area contributed by atoms with Crippen LogP contribution < -0.4 is 10.6 Å². The minimum atomic E-state index is -1.01. The number of carbonyl (C=O) groups excluding carboxylic acids is 2. The molecule has 0 aliphatic heterocycles. The first-order valence-electron chi connectivity index (χ1n) is 11.7. The van der Waals surface area contributed by atoms with Crippen molar-refractivity contribution in [3.63, 3.8) is 0 Å². The van der Waals surface area contributed by atoms with Crippen molar-refractivity contribution in [2.75, 3.05) is 19.8 Å². The molecule has 2 aromatic rings. The molecule has 1 aliphatic carbocycles. The van der Waals surface area contributed by atoms with E-state index in [1.54, 1.807) is 6.92 Å². The van der Waals surface area contributed by atoms with Crippen molar-refractivity contribution in [2.45, 2.75) is 51.2 Å². The lowest BCUT2D eigenvalue weighted by molar-refractivity contribution is -0.140. The molecule has 8 heteroatoms. The molecule has 2 unspecified atom stereocenters. The third-order valence-corrected chi connectivity index (χ3v) is 5.84. The summed E-state index contributed by atoms with van der Waals surface area (Å²) in [5.74, 6) is -1.47. The molecule has 0 fully saturated rings. The first kappa shape index (κ1) is 25.2. The maximum atomic E-state index is 12.7. The van der Waals surface area contributed by atoms with Crippen LogP contribution in [-0.4, -0.2) is 55.0 Å². The Morgan fingerprint density at radius 2 is 1.62 bits per heavy atom. The molecule has 2 atom stereocenters. The van der Waals surface area contributed by atoms with Crippen LogP contribution in [-0.2, 0) is 19.1 Å². The highest BCUT2D eigenvalue weighted by atomic mass is 16.5. The largest absolute Gasteiger partial charge is 0.481 e. The van der Waals surface area contributed by atoms with Crippen molar-refractivity contribution < 1.29 is 29.0 Å². The standard InChI is InChI=1S/C26H32N2O6/c1-3-9-23(25(31)27-15-17(33-4-2)14-24(29)30)28-26(32)34-16-22-20-12-7-5-10-18(20)19-11-6-8-13-21(19)22/h5-8,10-13,17,22-23H,3-4,9,14-16H2,1-2H3,(H,27,31)(H,28,32)(H,29,30). The lowest BCUT2D eigenvalue weighted by Gasteiger charge is -2.21. The van der Waals surface area contributed by atoms with Crippen LogP contribution in [0.3, 0.4) is 0 Å². The van der Waals surface area contributed by atoms with Crippen molar-refractivity contribution in [1.29, 1.82) is 0 Å². The number of carboxylic acid groups (broad SMARTS) is 1. The Morgan fingerprint density at radius 3 is 2.18 bits per heavy atom. The molecule has 2 aromatic carbocycles. The average Bonchev–Trinajstić information content (AvgIpc) is 3.14. The van der Waals surface area contributed by atoms with Gasteiger partial charge in [-0.05, 0) is 35.6 Å². The van der Waals surface area contributed by atoms with Gasteiger partial charge in [-0.15, -0.1) is 0 Å². The van der Waals surface area contributed by atoms with Crippen molar-refractivity contribution in [1.82, 2.24) is 10.6 Å². The summed E-state index contributed by atoms with van der Waals surface area (Å²) in [6, 6.07) is 15.4. The van der Waals surface area contributed by atoms with Gasteiger partial charge in [0.2, 0.25) is 5.91 Å². The monoisotopic (exact) mass is 468 g/mol. The predicted octanol–water partition coefficient (Wildman–Crippen LogP) is 3.69. The van der Waals surface area contributed by atoms with Crippen molar-refractivity contribution in [2.24, 2.45) is 0 Å². The Balaban J connectivity index is 1.58. The molecule has 0 aromatic heterocycles. The quantitative estimate of drug-likeness (QED) is 0.438. The highest BCUT2D eigenvalue weighted by Crippen LogP contribution is 2.44. The molecule has 0 saturated carbocycles. The number of aliphatic carboxylic acids is 1. The number of carboxylic acids is 1. The van der Waals surface area contributed by atoms with Crippen LogP contribution in [0.15, 0.2) is 48.5 Å². The summed E-state index contributed by atoms with van der Waals surface area (Å²) in [7, 11) is 0. The number of rotatable bonds is 12. The van der Waals surface area contributed by atoms with Gasteiger partial charge in [0.15, 0.2) is 0 Å². The number of hydrogen-bond acceptors (Lipinski definition) is 5. The van der Waals surface area contributed by atoms with E-state index in [0.29, 0.717) is 19.4 Å². The molecule has 0 bridgehead atoms. The summed E-state index contributed by atoms with van der Waals surface area (Å²) in [5, 5.41) is 14.3. The fraction of sp³-hybridized carbons (Fsp3) is 0.423. The van der Waals surface area contributed by atoms with E-state index in [2.05, 4.69) is 22.8 Å². The molecule has 1 aliphatic rings. The Bertz CT molecular complexity index is 963. The third-order valence-electron chi connectivity index (χ3n) is 5.84. The molecule has 3 rings (SSSR count). The molecule has 0 heterocycles. The van der Waals surface area contributed by atoms with Crippen molar-refractivity contribution in [3.8, 4) is 11.1 Å². The zero-order chi connectivity index (χ0) is 24.5. The summed E-state index contributed by atoms with van der Waals surface area (Å²) in [6.07, 6.45) is -0.419. The Kier molecular flexibility index (Phi) is 9.04. The van der Waals surface area contributed by atoms with E-state index in [1.165, 1.54) is 0 Å². The highest BCUT2D eigenvalue weighted by Gasteiger charge is 2.29. The highest BCUT2D eigenvalue weighted by molar-refractivity contribution is 5.85. The molecule has 0 radical (unpaired) electrons. The molecule has 3 N–H and O–H groups in total. The van der Waals surface area contributed by atoms with Crippen LogP contribution >= 0.6 is 0 Å². The van der Waals surface area contributed by atoms with E-state index in [1.807, 2.05) is 43.3 Å². The zero-order valence-corrected chi connectivity index (χ0v) is 19.6. The third kappa shape index (κ3) is 6.35. The maximum absolute atomic E-state index is 12.7. The van der Waals surface area contributed by atoms with E-state index in [9.17, 15) is 14.4 Å². The van der Waals surface area contributed by atoms with Gasteiger partial charge in [0, 0.05) is 19.1 Å². The molecule has 182 valence electrons. The second kappa shape index (κ2) is 12.2. The fourth-order valence-electron chi connectivity index (χ4n) is 4.30. The second-order valence-electron chi connectivity index (χ2n) is 8.23. The predicted molar refractivity (Wildman–Crippen MR) is 128 cm³/mol. The lowest BCUT2D eigenvalue weighted by atomic mass is 9.98. The van der Waals surface area contributed by atoms with Gasteiger partial charge < -0.3 is 25.2 Å². The topological polar surface area (TPSA) is 114 Å². The van der Waals surface area contributed by atoms with Gasteiger partial charge in [-0.1, -0.05) is 61.9 Å². The number of nitrogens with one attached hydrogen (secondary N) is 2. The van der Waals surface area contributed by atoms with Gasteiger partial charge in [-0.2, -0.15) is 0 Å². The number of hydrogen-bond donors (Lipinski definition) is 3. The molecule has 34 heavy (non-hydrogen) atoms. The van der Waals surface area contributed by atoms with Crippen LogP contribution in [0.1, 0.15) is 50.2 Å². The molecule has 0 spiro atoms. The van der Waals surface area contributed by atoms with Gasteiger partial charge >= 0.3 is 12.1 Å². The number of benzene rings is 2. The van der Waals surface area contributed by atoms with Crippen LogP contribution in [0.2, 0.25) is 0 Å². The van der Waals surface area contributed by atoms with E-state index in [4.69, 9.17) is 14.6 Å². The van der Waals surface area contributed by atoms with E-state index in [0.717, 1.165) is 22.3 Å². The van der Waals surface area contributed by atoms with E-state index in [-0.39, 0.29) is 25.5 Å². The number of amides is 2. The minimum absolute atomic E-state index is 0.0472. The Hall–Kier alpha value is -3.39. The molecular formula is C26H32N2O6. The number of fused-ring (bicyclic) bond motifs is 3. The molecule has 2 amide bonds. The molecule has 0 saturated heterocycles. The minimum Gasteiger partial charge on any atom is -0.481 e. The zero-order valence-electron chi connectivity index (χ0n) is 19.6. The SMILES string of the molecule is CCCC(NC(=O)OCC1c2ccccc2-c2ccccc21)C(=O)NCC(CC(=O)O)OCC. The van der Waals surface area contributed by atoms with Gasteiger partial charge in [0.05, 0.1) is 12.5 Å². The maximum Gasteiger partial charge on any atom is 0.407 e. The first-order chi connectivity index (χ1) is 16.4. The van der Waals surface area contributed by atoms with Gasteiger partial charge in [0.25, 0.3) is 0 Å². The van der Waals surface area contributed by atoms with Crippen molar-refractivity contribution in [3.05, 3.63) is 59.7 Å². The van der Waals surface area contributed by atoms with Crippen LogP contribution in [0.25, 0.3) is 11.1 Å². The van der Waals surface area contributed by atoms with E-state index < -0.39 is 30.1 Å². The smallest absolute Gasteiger partial charge is 0.407 e. The van der Waals surface area contributed by atoms with Crippen LogP contribution in [0.5, 0.6) is 0 Å². The first-order valence-corrected chi connectivity index (χ1v) is 11.7. The molecule has 8 nitrogen and oxygen atoms in total. The lowest BCUT2D eigenvalue weighted by Crippen LogP contribution is -2.49. The Morgan fingerprint density at radius 1 is 1.00 bits per heavy atom. The molecular weight excluding hydrogens is 436 g/mol. The van der Waals surface area contributed by atoms with Gasteiger partial charge in [-0.25, -0.2) is 4.79 Å². The van der Waals surface area contributed by atoms with Crippen molar-refractivity contribution >= 4 is 18.0 Å².